The second-order valence-electron chi connectivity index (χ2n) is 19.0. The molecule has 2 atom stereocenters. The first-order valence-corrected chi connectivity index (χ1v) is 29.9. The molecule has 0 amide bonds. The van der Waals surface area contributed by atoms with Gasteiger partial charge in [0.2, 0.25) is 20.8 Å². The molecule has 2 unspecified atom stereocenters. The zero-order valence-corrected chi connectivity index (χ0v) is 46.3. The molecule has 0 aromatic heterocycles. The SMILES string of the molecule is CCCCCCCCCCCCCCC(CCCCCCCCCC)COS(=O)(=O)[O-].CCCCCCCCCCCCCCC(CCCCCCCCCC)COS(=O)(=O)[O-].[Ca+2]. The first kappa shape index (κ1) is 68.3. The Labute approximate surface area is 424 Å². The molecule has 0 heterocycles. The molecule has 0 aromatic rings. The van der Waals surface area contributed by atoms with Crippen molar-refractivity contribution in [3.63, 3.8) is 0 Å². The van der Waals surface area contributed by atoms with E-state index in [0.29, 0.717) is 0 Å². The molecule has 0 saturated heterocycles. The Morgan fingerprint density at radius 3 is 0.571 bits per heavy atom. The maximum atomic E-state index is 10.8. The van der Waals surface area contributed by atoms with E-state index in [1.165, 1.54) is 231 Å². The van der Waals surface area contributed by atoms with Crippen molar-refractivity contribution in [3.8, 4) is 0 Å². The van der Waals surface area contributed by atoms with Crippen LogP contribution in [-0.2, 0) is 29.2 Å². The zero-order chi connectivity index (χ0) is 46.1. The van der Waals surface area contributed by atoms with E-state index in [1.807, 2.05) is 0 Å². The van der Waals surface area contributed by atoms with Crippen LogP contribution < -0.4 is 0 Å². The van der Waals surface area contributed by atoms with E-state index >= 15 is 0 Å². The van der Waals surface area contributed by atoms with Crippen LogP contribution in [0.3, 0.4) is 0 Å². The Hall–Kier alpha value is 1.000. The van der Waals surface area contributed by atoms with Crippen molar-refractivity contribution in [1.29, 1.82) is 0 Å². The van der Waals surface area contributed by atoms with Crippen LogP contribution in [0.4, 0.5) is 0 Å². The van der Waals surface area contributed by atoms with Gasteiger partial charge in [-0.3, -0.25) is 8.37 Å². The van der Waals surface area contributed by atoms with Gasteiger partial charge in [-0.05, 0) is 37.5 Å². The molecule has 0 aliphatic carbocycles. The quantitative estimate of drug-likeness (QED) is 0.0255. The number of hydrogen-bond acceptors (Lipinski definition) is 8. The largest absolute Gasteiger partial charge is 2.00 e. The van der Waals surface area contributed by atoms with Crippen LogP contribution in [0.5, 0.6) is 0 Å². The van der Waals surface area contributed by atoms with Crippen LogP contribution in [0, 0.1) is 11.8 Å². The summed E-state index contributed by atoms with van der Waals surface area (Å²) in [5, 5.41) is 0. The van der Waals surface area contributed by atoms with Gasteiger partial charge in [0.1, 0.15) is 0 Å². The summed E-state index contributed by atoms with van der Waals surface area (Å²) in [5.74, 6) is 0.402. The van der Waals surface area contributed by atoms with Crippen LogP contribution in [-0.4, -0.2) is 76.9 Å². The molecule has 11 heteroatoms. The summed E-state index contributed by atoms with van der Waals surface area (Å²) in [7, 11) is -9.15. The molecule has 0 N–H and O–H groups in total. The third kappa shape index (κ3) is 63.0. The number of hydrogen-bond donors (Lipinski definition) is 0. The van der Waals surface area contributed by atoms with Crippen LogP contribution in [0.2, 0.25) is 0 Å². The summed E-state index contributed by atoms with van der Waals surface area (Å²) in [6.45, 7) is 9.14. The number of unbranched alkanes of at least 4 members (excludes halogenated alkanes) is 36. The molecule has 0 fully saturated rings. The van der Waals surface area contributed by atoms with E-state index in [0.717, 1.165) is 51.4 Å². The molecule has 8 nitrogen and oxygen atoms in total. The Balaban J connectivity index is -0.00000112. The summed E-state index contributed by atoms with van der Waals surface area (Å²) in [5.41, 5.74) is 0. The molecule has 376 valence electrons. The fraction of sp³-hybridized carbons (Fsp3) is 1.00. The zero-order valence-electron chi connectivity index (χ0n) is 42.5. The molecule has 0 radical (unpaired) electrons. The molecular formula is C52H106CaO8S2. The normalized spacial score (nSPS) is 12.8. The predicted octanol–water partition coefficient (Wildman–Crippen LogP) is 17.0. The van der Waals surface area contributed by atoms with Crippen LogP contribution in [0.25, 0.3) is 0 Å². The molecule has 0 aliphatic rings. The van der Waals surface area contributed by atoms with E-state index < -0.39 is 20.8 Å². The smallest absolute Gasteiger partial charge is 0.726 e. The summed E-state index contributed by atoms with van der Waals surface area (Å²) < 4.78 is 74.2. The fourth-order valence-electron chi connectivity index (χ4n) is 8.66. The minimum absolute atomic E-state index is 0. The molecular weight excluding hydrogens is 857 g/mol. The molecule has 0 rings (SSSR count). The van der Waals surface area contributed by atoms with Gasteiger partial charge in [0.05, 0.1) is 13.2 Å². The van der Waals surface area contributed by atoms with E-state index in [4.69, 9.17) is 0 Å². The van der Waals surface area contributed by atoms with Crippen LogP contribution >= 0.6 is 0 Å². The fourth-order valence-corrected chi connectivity index (χ4v) is 9.38. The minimum atomic E-state index is -4.57. The van der Waals surface area contributed by atoms with Crippen molar-refractivity contribution < 1.29 is 34.3 Å². The molecule has 0 spiro atoms. The van der Waals surface area contributed by atoms with Gasteiger partial charge in [0, 0.05) is 0 Å². The Kier molecular flexibility index (Phi) is 58.5. The van der Waals surface area contributed by atoms with Gasteiger partial charge < -0.3 is 9.11 Å². The summed E-state index contributed by atoms with van der Waals surface area (Å²) in [6.07, 6.45) is 55.9. The standard InChI is InChI=1S/2C26H54O4S.Ca/c2*1-3-5-7-9-11-13-14-15-16-18-20-22-24-26(25-30-31(27,28)29)23-21-19-17-12-10-8-6-4-2;/h2*26H,3-25H2,1-2H3,(H,27,28,29);/q;;+2/p-2. The monoisotopic (exact) mass is 963 g/mol. The Morgan fingerprint density at radius 2 is 0.429 bits per heavy atom. The molecule has 0 bridgehead atoms. The summed E-state index contributed by atoms with van der Waals surface area (Å²) in [6, 6.07) is 0. The van der Waals surface area contributed by atoms with Gasteiger partial charge in [0.25, 0.3) is 0 Å². The molecule has 0 saturated carbocycles. The second-order valence-corrected chi connectivity index (χ2v) is 21.1. The van der Waals surface area contributed by atoms with Gasteiger partial charge in [-0.2, -0.15) is 0 Å². The van der Waals surface area contributed by atoms with E-state index in [-0.39, 0.29) is 62.8 Å². The van der Waals surface area contributed by atoms with E-state index in [1.54, 1.807) is 0 Å². The van der Waals surface area contributed by atoms with Crippen molar-refractivity contribution in [2.45, 2.75) is 310 Å². The van der Waals surface area contributed by atoms with Crippen LogP contribution in [0.15, 0.2) is 0 Å². The molecule has 0 aliphatic heterocycles. The van der Waals surface area contributed by atoms with Gasteiger partial charge >= 0.3 is 37.7 Å². The molecule has 63 heavy (non-hydrogen) atoms. The predicted molar refractivity (Wildman–Crippen MR) is 270 cm³/mol. The summed E-state index contributed by atoms with van der Waals surface area (Å²) >= 11 is 0. The van der Waals surface area contributed by atoms with Crippen molar-refractivity contribution in [2.24, 2.45) is 11.8 Å². The third-order valence-electron chi connectivity index (χ3n) is 12.8. The van der Waals surface area contributed by atoms with E-state index in [9.17, 15) is 25.9 Å². The van der Waals surface area contributed by atoms with Crippen molar-refractivity contribution in [3.05, 3.63) is 0 Å². The van der Waals surface area contributed by atoms with Crippen molar-refractivity contribution >= 4 is 58.5 Å². The average Bonchev–Trinajstić information content (AvgIpc) is 3.23. The molecule has 0 aromatic carbocycles. The van der Waals surface area contributed by atoms with Crippen molar-refractivity contribution in [2.75, 3.05) is 13.2 Å². The van der Waals surface area contributed by atoms with Gasteiger partial charge in [-0.15, -0.1) is 0 Å². The Morgan fingerprint density at radius 1 is 0.286 bits per heavy atom. The minimum Gasteiger partial charge on any atom is -0.726 e. The average molecular weight is 964 g/mol. The van der Waals surface area contributed by atoms with Crippen molar-refractivity contribution in [1.82, 2.24) is 0 Å². The second kappa shape index (κ2) is 53.9. The maximum absolute atomic E-state index is 10.8. The summed E-state index contributed by atoms with van der Waals surface area (Å²) in [4.78, 5) is 0. The van der Waals surface area contributed by atoms with Gasteiger partial charge in [-0.1, -0.05) is 285 Å². The van der Waals surface area contributed by atoms with Gasteiger partial charge in [-0.25, -0.2) is 16.8 Å². The topological polar surface area (TPSA) is 133 Å². The van der Waals surface area contributed by atoms with E-state index in [2.05, 4.69) is 36.1 Å². The third-order valence-corrected chi connectivity index (χ3v) is 13.6. The Bertz CT molecular complexity index is 992. The first-order chi connectivity index (χ1) is 30.0. The maximum Gasteiger partial charge on any atom is 2.00 e. The van der Waals surface area contributed by atoms with Gasteiger partial charge in [0.15, 0.2) is 0 Å². The number of rotatable bonds is 50. The first-order valence-electron chi connectivity index (χ1n) is 27.2. The van der Waals surface area contributed by atoms with Crippen LogP contribution in [0.1, 0.15) is 310 Å².